The Balaban J connectivity index is 1.09. The third kappa shape index (κ3) is 4.91. The fourth-order valence-electron chi connectivity index (χ4n) is 5.37. The van der Waals surface area contributed by atoms with Crippen molar-refractivity contribution in [2.75, 3.05) is 29.1 Å². The molecule has 7 rings (SSSR count). The van der Waals surface area contributed by atoms with Gasteiger partial charge in [0.1, 0.15) is 36.0 Å². The number of carbonyl (C=O) groups excluding carboxylic acids is 3. The number of nitrogens with zero attached hydrogens (tertiary/aromatic N) is 8. The molecular weight excluding hydrogens is 555 g/mol. The molecule has 2 aliphatic carbocycles. The second kappa shape index (κ2) is 9.78. The van der Waals surface area contributed by atoms with Crippen molar-refractivity contribution in [3.63, 3.8) is 0 Å². The van der Waals surface area contributed by atoms with Crippen molar-refractivity contribution >= 4 is 40.8 Å². The molecular formula is C29H29FN10O3. The van der Waals surface area contributed by atoms with E-state index in [0.717, 1.165) is 10.6 Å². The number of imidazole rings is 1. The number of likely N-dealkylation sites (N-methyl/N-ethyl adjacent to an activating group) is 1. The van der Waals surface area contributed by atoms with Crippen molar-refractivity contribution in [2.45, 2.75) is 50.7 Å². The fraction of sp³-hybridized carbons (Fsp3) is 0.379. The zero-order valence-electron chi connectivity index (χ0n) is 23.8. The maximum Gasteiger partial charge on any atom is 0.331 e. The summed E-state index contributed by atoms with van der Waals surface area (Å²) in [5, 5.41) is 6.13. The number of hydrogen-bond acceptors (Lipinski definition) is 9. The highest BCUT2D eigenvalue weighted by Gasteiger charge is 2.47. The fourth-order valence-corrected chi connectivity index (χ4v) is 5.37. The number of pyridine rings is 1. The zero-order chi connectivity index (χ0) is 30.0. The van der Waals surface area contributed by atoms with Crippen LogP contribution in [0.2, 0.25) is 0 Å². The van der Waals surface area contributed by atoms with Crippen LogP contribution in [0.4, 0.5) is 26.5 Å². The first-order valence-corrected chi connectivity index (χ1v) is 14.1. The number of aryl methyl sites for hydroxylation is 1. The van der Waals surface area contributed by atoms with Gasteiger partial charge in [-0.1, -0.05) is 0 Å². The molecule has 0 radical (unpaired) electrons. The van der Waals surface area contributed by atoms with Gasteiger partial charge in [-0.15, -0.1) is 0 Å². The van der Waals surface area contributed by atoms with Crippen molar-refractivity contribution in [3.8, 4) is 0 Å². The molecule has 2 N–H and O–H groups in total. The van der Waals surface area contributed by atoms with Crippen molar-refractivity contribution in [1.82, 2.24) is 34.2 Å². The Kier molecular flexibility index (Phi) is 6.11. The molecule has 2 unspecified atom stereocenters. The van der Waals surface area contributed by atoms with Gasteiger partial charge in [-0.3, -0.25) is 19.4 Å². The number of nitrogens with one attached hydrogen (secondary N) is 2. The molecule has 5 heterocycles. The molecule has 4 aromatic rings. The molecule has 2 saturated carbocycles. The number of anilines is 3. The topological polar surface area (TPSA) is 151 Å². The summed E-state index contributed by atoms with van der Waals surface area (Å²) >= 11 is 0. The van der Waals surface area contributed by atoms with E-state index in [1.54, 1.807) is 35.1 Å². The first-order chi connectivity index (χ1) is 20.6. The van der Waals surface area contributed by atoms with Gasteiger partial charge in [0.2, 0.25) is 11.8 Å². The number of amides is 4. The molecule has 43 heavy (non-hydrogen) atoms. The van der Waals surface area contributed by atoms with E-state index >= 15 is 4.39 Å². The van der Waals surface area contributed by atoms with Crippen LogP contribution >= 0.6 is 0 Å². The van der Waals surface area contributed by atoms with Crippen molar-refractivity contribution < 1.29 is 18.8 Å². The summed E-state index contributed by atoms with van der Waals surface area (Å²) in [6.45, 7) is 3.64. The Morgan fingerprint density at radius 3 is 2.63 bits per heavy atom. The average molecular weight is 585 g/mol. The summed E-state index contributed by atoms with van der Waals surface area (Å²) in [5.41, 5.74) is 1.27. The second-order valence-electron chi connectivity index (χ2n) is 11.4. The Bertz CT molecular complexity index is 1800. The molecule has 0 bridgehead atoms. The van der Waals surface area contributed by atoms with E-state index in [0.29, 0.717) is 59.3 Å². The van der Waals surface area contributed by atoms with Crippen LogP contribution in [0.3, 0.4) is 0 Å². The minimum absolute atomic E-state index is 0.0126. The van der Waals surface area contributed by atoms with E-state index in [1.165, 1.54) is 18.3 Å². The van der Waals surface area contributed by atoms with Crippen LogP contribution < -0.4 is 15.5 Å². The van der Waals surface area contributed by atoms with Crippen LogP contribution in [0.5, 0.6) is 0 Å². The zero-order valence-corrected chi connectivity index (χ0v) is 23.8. The standard InChI is InChI=1S/C29H29FN10O3/c1-15-4-7-31-25(34-15)18-9-19(18)27(42)37-23-10-22(32-14-33-23)35-16(2)20-12-39-11-17(29(30)5-6-29)8-21(26(39)36-20)40-13-24(41)38(3)28(40)43/h4,7-8,10-12,14,16,18-19H,5-6,9,13H2,1-3H3,(H2,32,33,35,37,42)/t16-,18?,19?/m1/s1. The van der Waals surface area contributed by atoms with Gasteiger partial charge in [-0.05, 0) is 45.2 Å². The van der Waals surface area contributed by atoms with Gasteiger partial charge in [-0.25, -0.2) is 34.1 Å². The molecule has 1 aliphatic heterocycles. The highest BCUT2D eigenvalue weighted by atomic mass is 19.1. The van der Waals surface area contributed by atoms with Crippen LogP contribution in [-0.2, 0) is 15.3 Å². The van der Waals surface area contributed by atoms with E-state index in [1.807, 2.05) is 19.9 Å². The average Bonchev–Trinajstić information content (AvgIpc) is 3.88. The van der Waals surface area contributed by atoms with Gasteiger partial charge in [0.25, 0.3) is 0 Å². The summed E-state index contributed by atoms with van der Waals surface area (Å²) in [5.74, 6) is 0.761. The Morgan fingerprint density at radius 1 is 1.12 bits per heavy atom. The number of fused-ring (bicyclic) bond motifs is 1. The largest absolute Gasteiger partial charge is 0.362 e. The van der Waals surface area contributed by atoms with Gasteiger partial charge in [0.05, 0.1) is 17.4 Å². The molecule has 4 aromatic heterocycles. The van der Waals surface area contributed by atoms with Crippen LogP contribution in [-0.4, -0.2) is 65.7 Å². The van der Waals surface area contributed by atoms with E-state index in [4.69, 9.17) is 4.98 Å². The molecule has 0 aromatic carbocycles. The first kappa shape index (κ1) is 26.9. The first-order valence-electron chi connectivity index (χ1n) is 14.1. The molecule has 0 spiro atoms. The van der Waals surface area contributed by atoms with Crippen molar-refractivity contribution in [3.05, 3.63) is 65.9 Å². The maximum atomic E-state index is 15.2. The van der Waals surface area contributed by atoms with Crippen LogP contribution in [0.1, 0.15) is 60.9 Å². The van der Waals surface area contributed by atoms with Crippen molar-refractivity contribution in [2.24, 2.45) is 5.92 Å². The monoisotopic (exact) mass is 584 g/mol. The van der Waals surface area contributed by atoms with E-state index in [9.17, 15) is 14.4 Å². The molecule has 3 aliphatic rings. The Labute approximate surface area is 245 Å². The number of aromatic nitrogens is 6. The maximum absolute atomic E-state index is 15.2. The third-order valence-corrected chi connectivity index (χ3v) is 8.23. The molecule has 3 atom stereocenters. The van der Waals surface area contributed by atoms with E-state index in [-0.39, 0.29) is 36.2 Å². The minimum Gasteiger partial charge on any atom is -0.362 e. The number of imide groups is 1. The lowest BCUT2D eigenvalue weighted by molar-refractivity contribution is -0.124. The number of carbonyl (C=O) groups is 3. The van der Waals surface area contributed by atoms with Crippen LogP contribution in [0.25, 0.3) is 5.65 Å². The van der Waals surface area contributed by atoms with E-state index < -0.39 is 11.7 Å². The summed E-state index contributed by atoms with van der Waals surface area (Å²) in [7, 11) is 1.42. The van der Waals surface area contributed by atoms with Crippen LogP contribution in [0.15, 0.2) is 43.1 Å². The number of halogens is 1. The van der Waals surface area contributed by atoms with Gasteiger partial charge in [0, 0.05) is 54.8 Å². The number of hydrogen-bond donors (Lipinski definition) is 2. The Morgan fingerprint density at radius 2 is 1.91 bits per heavy atom. The van der Waals surface area contributed by atoms with E-state index in [2.05, 4.69) is 30.6 Å². The van der Waals surface area contributed by atoms with Gasteiger partial charge < -0.3 is 15.0 Å². The number of alkyl halides is 1. The summed E-state index contributed by atoms with van der Waals surface area (Å²) in [6.07, 6.45) is 7.99. The normalized spacial score (nSPS) is 21.3. The molecule has 14 heteroatoms. The van der Waals surface area contributed by atoms with Gasteiger partial charge in [-0.2, -0.15) is 0 Å². The lowest BCUT2D eigenvalue weighted by Gasteiger charge is -2.18. The molecule has 3 fully saturated rings. The number of urea groups is 1. The summed E-state index contributed by atoms with van der Waals surface area (Å²) in [6, 6.07) is 4.24. The lowest BCUT2D eigenvalue weighted by atomic mass is 10.1. The van der Waals surface area contributed by atoms with Crippen molar-refractivity contribution in [1.29, 1.82) is 0 Å². The smallest absolute Gasteiger partial charge is 0.331 e. The lowest BCUT2D eigenvalue weighted by Crippen LogP contribution is -2.30. The highest BCUT2D eigenvalue weighted by molar-refractivity contribution is 6.13. The highest BCUT2D eigenvalue weighted by Crippen LogP contribution is 2.50. The Hall–Kier alpha value is -5.01. The molecule has 220 valence electrons. The molecule has 13 nitrogen and oxygen atoms in total. The predicted octanol–water partition coefficient (Wildman–Crippen LogP) is 3.50. The third-order valence-electron chi connectivity index (χ3n) is 8.23. The quantitative estimate of drug-likeness (QED) is 0.297. The SMILES string of the molecule is Cc1ccnc(C2CC2C(=O)Nc2cc(N[C@H](C)c3cn4cc(C5(F)CC5)cc(N5CC(=O)N(C)C5=O)c4n3)ncn2)n1. The molecule has 4 amide bonds. The summed E-state index contributed by atoms with van der Waals surface area (Å²) < 4.78 is 16.9. The van der Waals surface area contributed by atoms with Crippen LogP contribution in [0, 0.1) is 12.8 Å². The van der Waals surface area contributed by atoms with Gasteiger partial charge >= 0.3 is 6.03 Å². The molecule has 1 saturated heterocycles. The summed E-state index contributed by atoms with van der Waals surface area (Å²) in [4.78, 5) is 62.3. The predicted molar refractivity (Wildman–Crippen MR) is 153 cm³/mol. The van der Waals surface area contributed by atoms with Gasteiger partial charge in [0.15, 0.2) is 5.65 Å². The number of rotatable bonds is 8. The minimum atomic E-state index is -1.45. The second-order valence-corrected chi connectivity index (χ2v) is 11.4.